The van der Waals surface area contributed by atoms with E-state index in [9.17, 15) is 18.6 Å². The Bertz CT molecular complexity index is 1340. The van der Waals surface area contributed by atoms with Gasteiger partial charge < -0.3 is 14.8 Å². The van der Waals surface area contributed by atoms with E-state index >= 15 is 0 Å². The van der Waals surface area contributed by atoms with Crippen molar-refractivity contribution in [3.63, 3.8) is 0 Å². The van der Waals surface area contributed by atoms with Crippen LogP contribution in [0.1, 0.15) is 5.56 Å². The van der Waals surface area contributed by atoms with Crippen molar-refractivity contribution in [1.82, 2.24) is 8.87 Å². The van der Waals surface area contributed by atoms with Crippen LogP contribution < -0.4 is 0 Å². The van der Waals surface area contributed by atoms with Crippen molar-refractivity contribution in [3.8, 4) is 0 Å². The zero-order chi connectivity index (χ0) is 23.8. The van der Waals surface area contributed by atoms with Gasteiger partial charge in [0.1, 0.15) is 0 Å². The zero-order valence-corrected chi connectivity index (χ0v) is 20.3. The van der Waals surface area contributed by atoms with Crippen LogP contribution in [-0.4, -0.2) is 53.3 Å². The molecular formula is C24H24Cl2N2O4S. The molecule has 2 N–H and O–H groups in total. The standard InChI is InChI=1S/C24H24Cl2N2O4S/c1-16-2-6-20(7-3-16)33(31,32)27(10-11-29)14-19(30)15-28-23-8-4-17(25)12-21(23)22-13-18(26)5-9-24(22)28/h2-9,12-13,19,29-30H,10-11,14-15H2,1H3. The maximum absolute atomic E-state index is 13.1. The van der Waals surface area contributed by atoms with Crippen molar-refractivity contribution in [2.75, 3.05) is 19.7 Å². The number of benzene rings is 3. The highest BCUT2D eigenvalue weighted by atomic mass is 35.5. The molecule has 174 valence electrons. The molecule has 0 saturated carbocycles. The molecule has 1 unspecified atom stereocenters. The Morgan fingerprint density at radius 2 is 1.48 bits per heavy atom. The average Bonchev–Trinajstić information content (AvgIpc) is 3.05. The summed E-state index contributed by atoms with van der Waals surface area (Å²) in [6.45, 7) is 1.38. The maximum atomic E-state index is 13.1. The number of halogens is 2. The normalized spacial score (nSPS) is 13.3. The summed E-state index contributed by atoms with van der Waals surface area (Å²) in [6.07, 6.45) is -1.03. The van der Waals surface area contributed by atoms with Gasteiger partial charge in [0, 0.05) is 44.9 Å². The van der Waals surface area contributed by atoms with E-state index in [0.29, 0.717) is 10.0 Å². The molecule has 0 bridgehead atoms. The summed E-state index contributed by atoms with van der Waals surface area (Å²) in [7, 11) is -3.88. The van der Waals surface area contributed by atoms with E-state index in [-0.39, 0.29) is 31.1 Å². The molecule has 0 saturated heterocycles. The van der Waals surface area contributed by atoms with E-state index in [4.69, 9.17) is 23.2 Å². The Morgan fingerprint density at radius 3 is 2.00 bits per heavy atom. The number of sulfonamides is 1. The second kappa shape index (κ2) is 9.62. The van der Waals surface area contributed by atoms with Crippen molar-refractivity contribution in [2.24, 2.45) is 0 Å². The van der Waals surface area contributed by atoms with Gasteiger partial charge in [0.05, 0.1) is 24.2 Å². The highest BCUT2D eigenvalue weighted by molar-refractivity contribution is 7.89. The molecule has 4 aromatic rings. The molecule has 1 atom stereocenters. The van der Waals surface area contributed by atoms with Gasteiger partial charge >= 0.3 is 0 Å². The van der Waals surface area contributed by atoms with Gasteiger partial charge in [0.15, 0.2) is 0 Å². The largest absolute Gasteiger partial charge is 0.395 e. The van der Waals surface area contributed by atoms with Gasteiger partial charge in [0.25, 0.3) is 0 Å². The van der Waals surface area contributed by atoms with E-state index in [1.165, 1.54) is 12.1 Å². The molecule has 4 rings (SSSR count). The lowest BCUT2D eigenvalue weighted by Gasteiger charge is -2.25. The molecule has 33 heavy (non-hydrogen) atoms. The number of aliphatic hydroxyl groups is 2. The lowest BCUT2D eigenvalue weighted by molar-refractivity contribution is 0.123. The molecule has 0 spiro atoms. The van der Waals surface area contributed by atoms with E-state index in [2.05, 4.69) is 0 Å². The number of aliphatic hydroxyl groups excluding tert-OH is 2. The Kier molecular flexibility index (Phi) is 7.00. The van der Waals surface area contributed by atoms with E-state index in [0.717, 1.165) is 31.7 Å². The number of fused-ring (bicyclic) bond motifs is 3. The van der Waals surface area contributed by atoms with Crippen LogP contribution in [0.15, 0.2) is 65.6 Å². The van der Waals surface area contributed by atoms with Gasteiger partial charge in [-0.2, -0.15) is 4.31 Å². The first-order valence-corrected chi connectivity index (χ1v) is 12.6. The predicted octanol–water partition coefficient (Wildman–Crippen LogP) is 4.45. The Hall–Kier alpha value is -2.13. The summed E-state index contributed by atoms with van der Waals surface area (Å²) >= 11 is 12.4. The van der Waals surface area contributed by atoms with Crippen LogP contribution in [0.3, 0.4) is 0 Å². The molecule has 9 heteroatoms. The number of nitrogens with zero attached hydrogens (tertiary/aromatic N) is 2. The fourth-order valence-electron chi connectivity index (χ4n) is 4.03. The first-order chi connectivity index (χ1) is 15.7. The third-order valence-corrected chi connectivity index (χ3v) is 7.95. The minimum absolute atomic E-state index is 0.119. The van der Waals surface area contributed by atoms with Crippen LogP contribution in [0.4, 0.5) is 0 Å². The molecule has 0 fully saturated rings. The summed E-state index contributed by atoms with van der Waals surface area (Å²) < 4.78 is 29.3. The lowest BCUT2D eigenvalue weighted by atomic mass is 10.1. The van der Waals surface area contributed by atoms with Crippen molar-refractivity contribution in [3.05, 3.63) is 76.3 Å². The summed E-state index contributed by atoms with van der Waals surface area (Å²) in [5.41, 5.74) is 2.64. The van der Waals surface area contributed by atoms with Crippen molar-refractivity contribution in [1.29, 1.82) is 0 Å². The highest BCUT2D eigenvalue weighted by Crippen LogP contribution is 2.33. The number of hydrogen-bond acceptors (Lipinski definition) is 4. The molecular weight excluding hydrogens is 483 g/mol. The Labute approximate surface area is 202 Å². The third kappa shape index (κ3) is 4.89. The first kappa shape index (κ1) is 24.0. The second-order valence-corrected chi connectivity index (χ2v) is 10.8. The molecule has 0 amide bonds. The number of hydrogen-bond donors (Lipinski definition) is 2. The van der Waals surface area contributed by atoms with Gasteiger partial charge in [-0.3, -0.25) is 0 Å². The summed E-state index contributed by atoms with van der Waals surface area (Å²) in [6, 6.07) is 17.5. The molecule has 0 aliphatic heterocycles. The van der Waals surface area contributed by atoms with Crippen LogP contribution in [0.25, 0.3) is 21.8 Å². The summed E-state index contributed by atoms with van der Waals surface area (Å²) in [4.78, 5) is 0.120. The van der Waals surface area contributed by atoms with Crippen LogP contribution in [0.2, 0.25) is 10.0 Å². The number of rotatable bonds is 8. The predicted molar refractivity (Wildman–Crippen MR) is 132 cm³/mol. The van der Waals surface area contributed by atoms with E-state index < -0.39 is 16.1 Å². The van der Waals surface area contributed by atoms with Crippen LogP contribution in [0, 0.1) is 6.92 Å². The minimum Gasteiger partial charge on any atom is -0.395 e. The molecule has 6 nitrogen and oxygen atoms in total. The monoisotopic (exact) mass is 506 g/mol. The van der Waals surface area contributed by atoms with Crippen molar-refractivity contribution >= 4 is 55.0 Å². The molecule has 1 heterocycles. The Morgan fingerprint density at radius 1 is 0.939 bits per heavy atom. The van der Waals surface area contributed by atoms with Crippen LogP contribution in [-0.2, 0) is 16.6 Å². The average molecular weight is 507 g/mol. The van der Waals surface area contributed by atoms with Gasteiger partial charge in [-0.1, -0.05) is 40.9 Å². The van der Waals surface area contributed by atoms with Gasteiger partial charge in [-0.15, -0.1) is 0 Å². The van der Waals surface area contributed by atoms with E-state index in [1.54, 1.807) is 24.3 Å². The number of aromatic nitrogens is 1. The first-order valence-electron chi connectivity index (χ1n) is 10.4. The smallest absolute Gasteiger partial charge is 0.243 e. The van der Waals surface area contributed by atoms with Crippen LogP contribution in [0.5, 0.6) is 0 Å². The molecule has 0 radical (unpaired) electrons. The second-order valence-electron chi connectivity index (χ2n) is 7.99. The summed E-state index contributed by atoms with van der Waals surface area (Å²) in [5, 5.41) is 23.4. The van der Waals surface area contributed by atoms with E-state index in [1.807, 2.05) is 35.8 Å². The van der Waals surface area contributed by atoms with Gasteiger partial charge in [0.2, 0.25) is 10.0 Å². The zero-order valence-electron chi connectivity index (χ0n) is 17.9. The third-order valence-electron chi connectivity index (χ3n) is 5.60. The topological polar surface area (TPSA) is 82.8 Å². The SMILES string of the molecule is Cc1ccc(S(=O)(=O)N(CCO)CC(O)Cn2c3ccc(Cl)cc3c3cc(Cl)ccc32)cc1. The fraction of sp³-hybridized carbons (Fsp3) is 0.250. The molecule has 0 aliphatic rings. The number of aryl methyl sites for hydroxylation is 1. The minimum atomic E-state index is -3.88. The van der Waals surface area contributed by atoms with Crippen molar-refractivity contribution < 1.29 is 18.6 Å². The maximum Gasteiger partial charge on any atom is 0.243 e. The van der Waals surface area contributed by atoms with Crippen LogP contribution >= 0.6 is 23.2 Å². The molecule has 0 aliphatic carbocycles. The molecule has 3 aromatic carbocycles. The quantitative estimate of drug-likeness (QED) is 0.369. The highest BCUT2D eigenvalue weighted by Gasteiger charge is 2.27. The van der Waals surface area contributed by atoms with Gasteiger partial charge in [-0.25, -0.2) is 8.42 Å². The van der Waals surface area contributed by atoms with Crippen molar-refractivity contribution in [2.45, 2.75) is 24.5 Å². The summed E-state index contributed by atoms with van der Waals surface area (Å²) in [5.74, 6) is 0. The fourth-order valence-corrected chi connectivity index (χ4v) is 5.84. The molecule has 1 aromatic heterocycles. The Balaban J connectivity index is 1.67. The lowest BCUT2D eigenvalue weighted by Crippen LogP contribution is -2.40. The van der Waals surface area contributed by atoms with Gasteiger partial charge in [-0.05, 0) is 55.5 Å².